The summed E-state index contributed by atoms with van der Waals surface area (Å²) in [5.41, 5.74) is 2.55. The van der Waals surface area contributed by atoms with E-state index in [1.165, 1.54) is 11.1 Å². The van der Waals surface area contributed by atoms with Gasteiger partial charge in [0.25, 0.3) is 0 Å². The Morgan fingerprint density at radius 2 is 1.90 bits per heavy atom. The molecule has 2 heterocycles. The van der Waals surface area contributed by atoms with Gasteiger partial charge in [-0.2, -0.15) is 0 Å². The Kier molecular flexibility index (Phi) is 9.93. The van der Waals surface area contributed by atoms with E-state index in [1.54, 1.807) is 7.05 Å². The van der Waals surface area contributed by atoms with Gasteiger partial charge >= 0.3 is 0 Å². The average molecular weight is 511 g/mol. The molecule has 6 nitrogen and oxygen atoms in total. The van der Waals surface area contributed by atoms with E-state index in [4.69, 9.17) is 0 Å². The molecule has 1 amide bonds. The normalized spacial score (nSPS) is 17.4. The number of likely N-dealkylation sites (tertiary alicyclic amines) is 1. The fraction of sp³-hybridized carbons (Fsp3) is 0.545. The zero-order valence-corrected chi connectivity index (χ0v) is 19.7. The molecular formula is C22H34IN5O. The van der Waals surface area contributed by atoms with E-state index in [1.807, 2.05) is 23.1 Å². The van der Waals surface area contributed by atoms with Crippen LogP contribution in [0.1, 0.15) is 36.8 Å². The number of hydrogen-bond donors (Lipinski definition) is 2. The summed E-state index contributed by atoms with van der Waals surface area (Å²) in [5, 5.41) is 6.87. The fourth-order valence-electron chi connectivity index (χ4n) is 3.94. The van der Waals surface area contributed by atoms with E-state index in [0.29, 0.717) is 12.5 Å². The first kappa shape index (κ1) is 23.7. The van der Waals surface area contributed by atoms with Crippen LogP contribution in [0, 0.1) is 0 Å². The minimum atomic E-state index is 0. The number of guanidine groups is 1. The third-order valence-corrected chi connectivity index (χ3v) is 5.59. The van der Waals surface area contributed by atoms with Gasteiger partial charge in [0, 0.05) is 58.8 Å². The van der Waals surface area contributed by atoms with Crippen LogP contribution < -0.4 is 10.6 Å². The molecule has 1 aromatic rings. The summed E-state index contributed by atoms with van der Waals surface area (Å²) in [4.78, 5) is 21.2. The van der Waals surface area contributed by atoms with Crippen LogP contribution in [0.2, 0.25) is 0 Å². The first-order valence-corrected chi connectivity index (χ1v) is 10.3. The second-order valence-electron chi connectivity index (χ2n) is 7.63. The molecule has 0 saturated carbocycles. The molecule has 1 aromatic carbocycles. The van der Waals surface area contributed by atoms with Crippen LogP contribution in [0.15, 0.2) is 41.9 Å². The summed E-state index contributed by atoms with van der Waals surface area (Å²) in [6.07, 6.45) is 5.57. The molecule has 29 heavy (non-hydrogen) atoms. The molecule has 0 unspecified atom stereocenters. The maximum atomic E-state index is 12.5. The van der Waals surface area contributed by atoms with Gasteiger partial charge < -0.3 is 15.5 Å². The molecule has 0 radical (unpaired) electrons. The van der Waals surface area contributed by atoms with Crippen LogP contribution in [-0.4, -0.2) is 60.9 Å². The van der Waals surface area contributed by atoms with Crippen LogP contribution in [0.25, 0.3) is 0 Å². The van der Waals surface area contributed by atoms with Gasteiger partial charge in [-0.1, -0.05) is 30.3 Å². The summed E-state index contributed by atoms with van der Waals surface area (Å²) in [6.45, 7) is 9.21. The van der Waals surface area contributed by atoms with Gasteiger partial charge in [-0.3, -0.25) is 14.7 Å². The lowest BCUT2D eigenvalue weighted by Crippen LogP contribution is -2.48. The van der Waals surface area contributed by atoms with Crippen molar-refractivity contribution in [2.45, 2.75) is 44.8 Å². The molecule has 2 aliphatic rings. The van der Waals surface area contributed by atoms with Crippen molar-refractivity contribution < 1.29 is 4.79 Å². The number of benzene rings is 1. The lowest BCUT2D eigenvalue weighted by atomic mass is 10.1. The highest BCUT2D eigenvalue weighted by Crippen LogP contribution is 2.22. The third-order valence-electron chi connectivity index (χ3n) is 5.59. The van der Waals surface area contributed by atoms with E-state index < -0.39 is 0 Å². The lowest BCUT2D eigenvalue weighted by Gasteiger charge is -2.32. The Morgan fingerprint density at radius 3 is 2.48 bits per heavy atom. The van der Waals surface area contributed by atoms with E-state index in [-0.39, 0.29) is 29.9 Å². The highest BCUT2D eigenvalue weighted by molar-refractivity contribution is 14.0. The maximum absolute atomic E-state index is 12.5. The van der Waals surface area contributed by atoms with Crippen molar-refractivity contribution in [1.29, 1.82) is 0 Å². The number of rotatable bonds is 7. The van der Waals surface area contributed by atoms with E-state index in [0.717, 1.165) is 64.5 Å². The Bertz CT molecular complexity index is 675. The molecule has 0 atom stereocenters. The smallest absolute Gasteiger partial charge is 0.223 e. The molecule has 160 valence electrons. The quantitative estimate of drug-likeness (QED) is 0.194. The molecule has 0 bridgehead atoms. The number of hydrogen-bond acceptors (Lipinski definition) is 3. The van der Waals surface area contributed by atoms with Gasteiger partial charge in [-0.05, 0) is 30.4 Å². The van der Waals surface area contributed by atoms with Gasteiger partial charge in [0.1, 0.15) is 0 Å². The van der Waals surface area contributed by atoms with Crippen LogP contribution in [0.4, 0.5) is 0 Å². The molecule has 7 heteroatoms. The highest BCUT2D eigenvalue weighted by Gasteiger charge is 2.22. The summed E-state index contributed by atoms with van der Waals surface area (Å²) in [5.74, 6) is 1.07. The molecule has 2 N–H and O–H groups in total. The first-order chi connectivity index (χ1) is 13.7. The number of piperidine rings is 1. The fourth-order valence-corrected chi connectivity index (χ4v) is 3.94. The zero-order valence-electron chi connectivity index (χ0n) is 17.4. The summed E-state index contributed by atoms with van der Waals surface area (Å²) < 4.78 is 0. The van der Waals surface area contributed by atoms with Gasteiger partial charge in [-0.15, -0.1) is 30.6 Å². The number of nitrogens with one attached hydrogen (secondary N) is 2. The minimum absolute atomic E-state index is 0. The number of nitrogens with zero attached hydrogens (tertiary/aromatic N) is 3. The number of carbonyl (C=O) groups is 1. The summed E-state index contributed by atoms with van der Waals surface area (Å²) in [7, 11) is 1.80. The third kappa shape index (κ3) is 6.99. The minimum Gasteiger partial charge on any atom is -0.356 e. The summed E-state index contributed by atoms with van der Waals surface area (Å²) >= 11 is 0. The van der Waals surface area contributed by atoms with Crippen molar-refractivity contribution in [3.8, 4) is 0 Å². The number of aliphatic imine (C=N–C) groups is 1. The van der Waals surface area contributed by atoms with Gasteiger partial charge in [0.2, 0.25) is 5.91 Å². The molecule has 0 aliphatic carbocycles. The molecule has 0 spiro atoms. The van der Waals surface area contributed by atoms with Crippen LogP contribution in [0.5, 0.6) is 0 Å². The van der Waals surface area contributed by atoms with E-state index in [2.05, 4.69) is 39.2 Å². The standard InChI is InChI=1S/C22H33N5O.HI/c1-3-13-26-14-10-20(11-15-26)25-22(23-2)24-12-6-9-21(28)27-16-18-7-4-5-8-19(18)17-27;/h3-5,7-8,20H,1,6,9-17H2,2H3,(H2,23,24,25);1H. The molecule has 0 aromatic heterocycles. The molecule has 1 fully saturated rings. The van der Waals surface area contributed by atoms with Crippen molar-refractivity contribution >= 4 is 35.8 Å². The average Bonchev–Trinajstić information content (AvgIpc) is 3.16. The summed E-state index contributed by atoms with van der Waals surface area (Å²) in [6, 6.07) is 8.76. The monoisotopic (exact) mass is 511 g/mol. The largest absolute Gasteiger partial charge is 0.356 e. The second kappa shape index (κ2) is 12.2. The number of amides is 1. The van der Waals surface area contributed by atoms with E-state index in [9.17, 15) is 4.79 Å². The predicted octanol–water partition coefficient (Wildman–Crippen LogP) is 2.74. The van der Waals surface area contributed by atoms with Crippen LogP contribution in [0.3, 0.4) is 0 Å². The molecular weight excluding hydrogens is 477 g/mol. The van der Waals surface area contributed by atoms with Crippen molar-refractivity contribution in [2.75, 3.05) is 33.2 Å². The SMILES string of the molecule is C=CCN1CCC(NC(=NC)NCCCC(=O)N2Cc3ccccc3C2)CC1.I. The maximum Gasteiger partial charge on any atom is 0.223 e. The van der Waals surface area contributed by atoms with Crippen LogP contribution >= 0.6 is 24.0 Å². The van der Waals surface area contributed by atoms with Crippen LogP contribution in [-0.2, 0) is 17.9 Å². The van der Waals surface area contributed by atoms with Crippen molar-refractivity contribution in [2.24, 2.45) is 4.99 Å². The van der Waals surface area contributed by atoms with Gasteiger partial charge in [-0.25, -0.2) is 0 Å². The molecule has 2 aliphatic heterocycles. The Labute approximate surface area is 191 Å². The van der Waals surface area contributed by atoms with Crippen molar-refractivity contribution in [3.63, 3.8) is 0 Å². The highest BCUT2D eigenvalue weighted by atomic mass is 127. The van der Waals surface area contributed by atoms with Gasteiger partial charge in [0.15, 0.2) is 5.96 Å². The van der Waals surface area contributed by atoms with E-state index >= 15 is 0 Å². The van der Waals surface area contributed by atoms with Gasteiger partial charge in [0.05, 0.1) is 0 Å². The zero-order chi connectivity index (χ0) is 19.8. The lowest BCUT2D eigenvalue weighted by molar-refractivity contribution is -0.131. The molecule has 3 rings (SSSR count). The first-order valence-electron chi connectivity index (χ1n) is 10.3. The number of halogens is 1. The Morgan fingerprint density at radius 1 is 1.24 bits per heavy atom. The van der Waals surface area contributed by atoms with Crippen molar-refractivity contribution in [1.82, 2.24) is 20.4 Å². The number of carbonyl (C=O) groups excluding carboxylic acids is 1. The number of fused-ring (bicyclic) bond motifs is 1. The topological polar surface area (TPSA) is 60.0 Å². The Hall–Kier alpha value is -1.61. The predicted molar refractivity (Wildman–Crippen MR) is 130 cm³/mol. The molecule has 1 saturated heterocycles. The Balaban J connectivity index is 0.00000300. The van der Waals surface area contributed by atoms with Crippen molar-refractivity contribution in [3.05, 3.63) is 48.0 Å². The second-order valence-corrected chi connectivity index (χ2v) is 7.63.